The van der Waals surface area contributed by atoms with E-state index in [1.807, 2.05) is 31.3 Å². The van der Waals surface area contributed by atoms with Crippen LogP contribution in [0.3, 0.4) is 0 Å². The third-order valence-corrected chi connectivity index (χ3v) is 7.17. The van der Waals surface area contributed by atoms with Gasteiger partial charge in [-0.1, -0.05) is 19.1 Å². The molecule has 0 unspecified atom stereocenters. The SMILES string of the molecule is CCCn1c(CN(C)Cc2cccc(OC)c2OC)nc2cc(S(=O)(=O)N(C)C)ccc21. The first-order valence-corrected chi connectivity index (χ1v) is 12.0. The van der Waals surface area contributed by atoms with Crippen LogP contribution in [-0.2, 0) is 29.7 Å². The number of hydrogen-bond donors (Lipinski definition) is 0. The average molecular weight is 461 g/mol. The van der Waals surface area contributed by atoms with E-state index in [2.05, 4.69) is 16.4 Å². The second kappa shape index (κ2) is 9.89. The van der Waals surface area contributed by atoms with Crippen molar-refractivity contribution in [3.63, 3.8) is 0 Å². The Balaban J connectivity index is 1.93. The Bertz CT molecular complexity index is 1190. The summed E-state index contributed by atoms with van der Waals surface area (Å²) in [6.45, 7) is 4.17. The number of hydrogen-bond acceptors (Lipinski definition) is 6. The number of aryl methyl sites for hydroxylation is 1. The van der Waals surface area contributed by atoms with Gasteiger partial charge < -0.3 is 14.0 Å². The minimum atomic E-state index is -3.51. The lowest BCUT2D eigenvalue weighted by atomic mass is 10.1. The maximum atomic E-state index is 12.5. The fourth-order valence-corrected chi connectivity index (χ4v) is 4.71. The van der Waals surface area contributed by atoms with E-state index in [-0.39, 0.29) is 4.90 Å². The van der Waals surface area contributed by atoms with Crippen molar-refractivity contribution >= 4 is 21.1 Å². The minimum absolute atomic E-state index is 0.247. The van der Waals surface area contributed by atoms with E-state index in [1.165, 1.54) is 18.4 Å². The van der Waals surface area contributed by atoms with Gasteiger partial charge in [0.25, 0.3) is 0 Å². The van der Waals surface area contributed by atoms with Crippen molar-refractivity contribution in [2.24, 2.45) is 0 Å². The molecule has 0 N–H and O–H groups in total. The number of sulfonamides is 1. The number of methoxy groups -OCH3 is 2. The van der Waals surface area contributed by atoms with Crippen molar-refractivity contribution in [2.45, 2.75) is 37.9 Å². The predicted molar refractivity (Wildman–Crippen MR) is 126 cm³/mol. The first-order valence-electron chi connectivity index (χ1n) is 10.5. The topological polar surface area (TPSA) is 76.9 Å². The van der Waals surface area contributed by atoms with Gasteiger partial charge in [0, 0.05) is 32.7 Å². The summed E-state index contributed by atoms with van der Waals surface area (Å²) in [6.07, 6.45) is 0.948. The lowest BCUT2D eigenvalue weighted by Crippen LogP contribution is -2.22. The zero-order valence-electron chi connectivity index (χ0n) is 19.6. The highest BCUT2D eigenvalue weighted by atomic mass is 32.2. The first-order chi connectivity index (χ1) is 15.2. The lowest BCUT2D eigenvalue weighted by Gasteiger charge is -2.20. The van der Waals surface area contributed by atoms with Gasteiger partial charge in [0.15, 0.2) is 11.5 Å². The van der Waals surface area contributed by atoms with Crippen LogP contribution in [0.15, 0.2) is 41.3 Å². The van der Waals surface area contributed by atoms with Crippen LogP contribution in [-0.4, -0.2) is 62.5 Å². The number of benzene rings is 2. The van der Waals surface area contributed by atoms with Gasteiger partial charge in [-0.2, -0.15) is 0 Å². The normalized spacial score (nSPS) is 12.1. The maximum Gasteiger partial charge on any atom is 0.242 e. The number of imidazole rings is 1. The van der Waals surface area contributed by atoms with Crippen LogP contribution in [0.5, 0.6) is 11.5 Å². The quantitative estimate of drug-likeness (QED) is 0.462. The monoisotopic (exact) mass is 460 g/mol. The average Bonchev–Trinajstić information content (AvgIpc) is 3.09. The summed E-state index contributed by atoms with van der Waals surface area (Å²) in [6, 6.07) is 11.0. The maximum absolute atomic E-state index is 12.5. The molecule has 9 heteroatoms. The molecule has 0 aliphatic rings. The van der Waals surface area contributed by atoms with E-state index < -0.39 is 10.0 Å². The van der Waals surface area contributed by atoms with Crippen molar-refractivity contribution in [2.75, 3.05) is 35.4 Å². The van der Waals surface area contributed by atoms with Gasteiger partial charge in [-0.15, -0.1) is 0 Å². The molecule has 3 rings (SSSR count). The first kappa shape index (κ1) is 24.0. The molecule has 1 heterocycles. The smallest absolute Gasteiger partial charge is 0.242 e. The van der Waals surface area contributed by atoms with E-state index >= 15 is 0 Å². The van der Waals surface area contributed by atoms with E-state index in [0.29, 0.717) is 24.4 Å². The summed E-state index contributed by atoms with van der Waals surface area (Å²) in [5.74, 6) is 2.32. The molecule has 0 saturated carbocycles. The molecular weight excluding hydrogens is 428 g/mol. The molecule has 0 amide bonds. The van der Waals surface area contributed by atoms with E-state index in [9.17, 15) is 8.42 Å². The molecule has 174 valence electrons. The predicted octanol–water partition coefficient (Wildman–Crippen LogP) is 3.35. The van der Waals surface area contributed by atoms with Crippen LogP contribution in [0.1, 0.15) is 24.7 Å². The van der Waals surface area contributed by atoms with Crippen LogP contribution in [0.2, 0.25) is 0 Å². The summed E-state index contributed by atoms with van der Waals surface area (Å²) < 4.78 is 39.4. The molecule has 0 radical (unpaired) electrons. The van der Waals surface area contributed by atoms with Gasteiger partial charge in [-0.05, 0) is 37.7 Å². The molecule has 0 saturated heterocycles. The molecular formula is C23H32N4O4S. The Hall–Kier alpha value is -2.62. The summed E-state index contributed by atoms with van der Waals surface area (Å²) in [7, 11) is 4.84. The van der Waals surface area contributed by atoms with Crippen molar-refractivity contribution in [3.05, 3.63) is 47.8 Å². The zero-order chi connectivity index (χ0) is 23.5. The van der Waals surface area contributed by atoms with Gasteiger partial charge in [-0.3, -0.25) is 4.90 Å². The van der Waals surface area contributed by atoms with Gasteiger partial charge in [0.1, 0.15) is 5.82 Å². The Kier molecular flexibility index (Phi) is 7.43. The van der Waals surface area contributed by atoms with E-state index in [0.717, 1.165) is 35.6 Å². The lowest BCUT2D eigenvalue weighted by molar-refractivity contribution is 0.293. The van der Waals surface area contributed by atoms with E-state index in [4.69, 9.17) is 14.5 Å². The van der Waals surface area contributed by atoms with Crippen LogP contribution in [0.25, 0.3) is 11.0 Å². The Morgan fingerprint density at radius 2 is 1.78 bits per heavy atom. The Labute approximate surface area is 190 Å². The summed E-state index contributed by atoms with van der Waals surface area (Å²) >= 11 is 0. The highest BCUT2D eigenvalue weighted by molar-refractivity contribution is 7.89. The van der Waals surface area contributed by atoms with Gasteiger partial charge in [0.2, 0.25) is 10.0 Å². The standard InChI is InChI=1S/C23H32N4O4S/c1-7-13-27-20-12-11-18(32(28,29)25(2)3)14-19(20)24-22(27)16-26(4)15-17-9-8-10-21(30-5)23(17)31-6/h8-12,14H,7,13,15-16H2,1-6H3. The molecule has 0 spiro atoms. The molecule has 3 aromatic rings. The second-order valence-corrected chi connectivity index (χ2v) is 10.1. The zero-order valence-corrected chi connectivity index (χ0v) is 20.4. The van der Waals surface area contributed by atoms with Gasteiger partial charge in [0.05, 0.1) is 36.7 Å². The van der Waals surface area contributed by atoms with Gasteiger partial charge >= 0.3 is 0 Å². The summed E-state index contributed by atoms with van der Waals surface area (Å²) in [4.78, 5) is 7.21. The number of para-hydroxylation sites is 1. The Morgan fingerprint density at radius 1 is 1.03 bits per heavy atom. The summed E-state index contributed by atoms with van der Waals surface area (Å²) in [5.41, 5.74) is 2.64. The fourth-order valence-electron chi connectivity index (χ4n) is 3.79. The van der Waals surface area contributed by atoms with Crippen molar-refractivity contribution < 1.29 is 17.9 Å². The van der Waals surface area contributed by atoms with Gasteiger partial charge in [-0.25, -0.2) is 17.7 Å². The van der Waals surface area contributed by atoms with Crippen LogP contribution < -0.4 is 9.47 Å². The largest absolute Gasteiger partial charge is 0.493 e. The molecule has 2 aromatic carbocycles. The third-order valence-electron chi connectivity index (χ3n) is 5.36. The number of aromatic nitrogens is 2. The number of fused-ring (bicyclic) bond motifs is 1. The second-order valence-electron chi connectivity index (χ2n) is 7.94. The number of nitrogens with zero attached hydrogens (tertiary/aromatic N) is 4. The van der Waals surface area contributed by atoms with E-state index in [1.54, 1.807) is 26.4 Å². The highest BCUT2D eigenvalue weighted by Crippen LogP contribution is 2.31. The molecule has 0 bridgehead atoms. The van der Waals surface area contributed by atoms with Crippen LogP contribution in [0.4, 0.5) is 0 Å². The highest BCUT2D eigenvalue weighted by Gasteiger charge is 2.20. The molecule has 32 heavy (non-hydrogen) atoms. The number of rotatable bonds is 10. The van der Waals surface area contributed by atoms with Crippen LogP contribution in [0, 0.1) is 0 Å². The molecule has 1 aromatic heterocycles. The van der Waals surface area contributed by atoms with Crippen LogP contribution >= 0.6 is 0 Å². The van der Waals surface area contributed by atoms with Crippen molar-refractivity contribution in [1.82, 2.24) is 18.8 Å². The molecule has 8 nitrogen and oxygen atoms in total. The Morgan fingerprint density at radius 3 is 2.41 bits per heavy atom. The van der Waals surface area contributed by atoms with Crippen molar-refractivity contribution in [3.8, 4) is 11.5 Å². The molecule has 0 atom stereocenters. The van der Waals surface area contributed by atoms with Crippen molar-refractivity contribution in [1.29, 1.82) is 0 Å². The number of ether oxygens (including phenoxy) is 2. The minimum Gasteiger partial charge on any atom is -0.493 e. The molecule has 0 aliphatic heterocycles. The molecule has 0 aliphatic carbocycles. The summed E-state index contributed by atoms with van der Waals surface area (Å²) in [5, 5.41) is 0. The molecule has 0 fully saturated rings. The third kappa shape index (κ3) is 4.74. The fraction of sp³-hybridized carbons (Fsp3) is 0.435.